The predicted octanol–water partition coefficient (Wildman–Crippen LogP) is 3.47. The van der Waals surface area contributed by atoms with E-state index in [0.29, 0.717) is 6.10 Å². The maximum absolute atomic E-state index is 6.00. The van der Waals surface area contributed by atoms with Crippen LogP contribution in [0.4, 0.5) is 0 Å². The summed E-state index contributed by atoms with van der Waals surface area (Å²) in [6, 6.07) is 0. The summed E-state index contributed by atoms with van der Waals surface area (Å²) >= 11 is 0. The summed E-state index contributed by atoms with van der Waals surface area (Å²) < 4.78 is 6.00. The van der Waals surface area contributed by atoms with Crippen LogP contribution in [0.3, 0.4) is 0 Å². The van der Waals surface area contributed by atoms with Crippen LogP contribution >= 0.6 is 0 Å². The molecule has 0 amide bonds. The van der Waals surface area contributed by atoms with Gasteiger partial charge in [-0.2, -0.15) is 0 Å². The van der Waals surface area contributed by atoms with Gasteiger partial charge in [0.15, 0.2) is 5.96 Å². The van der Waals surface area contributed by atoms with Crippen molar-refractivity contribution in [3.63, 3.8) is 0 Å². The molecule has 0 spiro atoms. The second-order valence-corrected chi connectivity index (χ2v) is 7.07. The third-order valence-corrected chi connectivity index (χ3v) is 3.74. The Morgan fingerprint density at radius 1 is 1.10 bits per heavy atom. The maximum atomic E-state index is 6.00. The molecule has 4 nitrogen and oxygen atoms in total. The van der Waals surface area contributed by atoms with Crippen molar-refractivity contribution in [3.05, 3.63) is 0 Å². The lowest BCUT2D eigenvalue weighted by molar-refractivity contribution is 0.0411. The smallest absolute Gasteiger partial charge is 0.191 e. The third-order valence-electron chi connectivity index (χ3n) is 3.74. The number of hydrogen-bond donors (Lipinski definition) is 2. The van der Waals surface area contributed by atoms with Crippen molar-refractivity contribution in [2.75, 3.05) is 20.2 Å². The molecule has 1 aliphatic rings. The highest BCUT2D eigenvalue weighted by atomic mass is 16.5. The molecule has 1 saturated carbocycles. The van der Waals surface area contributed by atoms with Gasteiger partial charge < -0.3 is 15.4 Å². The molecule has 0 unspecified atom stereocenters. The molecule has 0 aliphatic heterocycles. The minimum atomic E-state index is 0.0461. The van der Waals surface area contributed by atoms with Gasteiger partial charge in [-0.3, -0.25) is 4.99 Å². The van der Waals surface area contributed by atoms with E-state index in [9.17, 15) is 0 Å². The molecule has 0 radical (unpaired) electrons. The van der Waals surface area contributed by atoms with Crippen LogP contribution in [0.25, 0.3) is 0 Å². The Bertz CT molecular complexity index is 289. The molecule has 0 aromatic heterocycles. The molecule has 0 aromatic rings. The van der Waals surface area contributed by atoms with Crippen molar-refractivity contribution in [2.45, 2.75) is 83.8 Å². The van der Waals surface area contributed by atoms with Crippen LogP contribution < -0.4 is 10.6 Å². The molecule has 0 heterocycles. The summed E-state index contributed by atoms with van der Waals surface area (Å²) in [7, 11) is 1.82. The molecule has 2 N–H and O–H groups in total. The number of guanidine groups is 1. The fraction of sp³-hybridized carbons (Fsp3) is 0.941. The maximum Gasteiger partial charge on any atom is 0.191 e. The second-order valence-electron chi connectivity index (χ2n) is 7.07. The highest BCUT2D eigenvalue weighted by Crippen LogP contribution is 2.19. The van der Waals surface area contributed by atoms with E-state index in [4.69, 9.17) is 4.74 Å². The van der Waals surface area contributed by atoms with Crippen molar-refractivity contribution in [1.82, 2.24) is 10.6 Å². The van der Waals surface area contributed by atoms with Gasteiger partial charge in [0.1, 0.15) is 0 Å². The van der Waals surface area contributed by atoms with Crippen molar-refractivity contribution >= 4 is 5.96 Å². The van der Waals surface area contributed by atoms with Crippen LogP contribution in [0, 0.1) is 0 Å². The fourth-order valence-electron chi connectivity index (χ4n) is 2.63. The van der Waals surface area contributed by atoms with Gasteiger partial charge in [0.25, 0.3) is 0 Å². The average Bonchev–Trinajstić information content (AvgIpc) is 2.68. The summed E-state index contributed by atoms with van der Waals surface area (Å²) in [5, 5.41) is 6.72. The van der Waals surface area contributed by atoms with Gasteiger partial charge in [-0.15, -0.1) is 0 Å². The molecule has 1 rings (SSSR count). The third kappa shape index (κ3) is 9.72. The van der Waals surface area contributed by atoms with Crippen molar-refractivity contribution in [3.8, 4) is 0 Å². The monoisotopic (exact) mass is 297 g/mol. The van der Waals surface area contributed by atoms with Crippen molar-refractivity contribution in [2.24, 2.45) is 4.99 Å². The van der Waals surface area contributed by atoms with Gasteiger partial charge in [-0.25, -0.2) is 0 Å². The molecule has 1 aliphatic carbocycles. The fourth-order valence-corrected chi connectivity index (χ4v) is 2.63. The Kier molecular flexibility index (Phi) is 8.74. The van der Waals surface area contributed by atoms with E-state index in [0.717, 1.165) is 32.0 Å². The molecule has 21 heavy (non-hydrogen) atoms. The lowest BCUT2D eigenvalue weighted by Gasteiger charge is -2.23. The van der Waals surface area contributed by atoms with Crippen LogP contribution in [0.15, 0.2) is 4.99 Å². The molecule has 0 bridgehead atoms. The normalized spacial score (nSPS) is 18.4. The van der Waals surface area contributed by atoms with Gasteiger partial charge in [0.05, 0.1) is 6.10 Å². The molecule has 0 aromatic carbocycles. The lowest BCUT2D eigenvalue weighted by atomic mass is 10.1. The summed E-state index contributed by atoms with van der Waals surface area (Å²) in [4.78, 5) is 4.24. The summed E-state index contributed by atoms with van der Waals surface area (Å²) in [5.74, 6) is 0.882. The first-order valence-electron chi connectivity index (χ1n) is 8.62. The lowest BCUT2D eigenvalue weighted by Crippen LogP contribution is -2.47. The predicted molar refractivity (Wildman–Crippen MR) is 90.9 cm³/mol. The van der Waals surface area contributed by atoms with Crippen LogP contribution in [0.1, 0.15) is 72.1 Å². The Morgan fingerprint density at radius 2 is 1.76 bits per heavy atom. The van der Waals surface area contributed by atoms with E-state index in [1.807, 2.05) is 7.05 Å². The first-order valence-corrected chi connectivity index (χ1v) is 8.62. The molecular formula is C17H35N3O. The van der Waals surface area contributed by atoms with E-state index >= 15 is 0 Å². The number of rotatable bonds is 6. The number of hydrogen-bond acceptors (Lipinski definition) is 2. The van der Waals surface area contributed by atoms with Gasteiger partial charge in [-0.05, 0) is 46.5 Å². The number of unbranched alkanes of at least 4 members (excludes halogenated alkanes) is 1. The van der Waals surface area contributed by atoms with Crippen molar-refractivity contribution < 1.29 is 4.74 Å². The topological polar surface area (TPSA) is 45.7 Å². The first-order chi connectivity index (χ1) is 10.0. The first kappa shape index (κ1) is 18.3. The zero-order valence-electron chi connectivity index (χ0n) is 14.5. The SMILES string of the molecule is CN=C(NCCCCOC1CCCCCC1)NC(C)(C)C. The summed E-state index contributed by atoms with van der Waals surface area (Å²) in [5.41, 5.74) is 0.0461. The quantitative estimate of drug-likeness (QED) is 0.341. The van der Waals surface area contributed by atoms with Gasteiger partial charge in [0.2, 0.25) is 0 Å². The van der Waals surface area contributed by atoms with Crippen molar-refractivity contribution in [1.29, 1.82) is 0 Å². The number of aliphatic imine (C=N–C) groups is 1. The zero-order chi connectivity index (χ0) is 15.6. The zero-order valence-corrected chi connectivity index (χ0v) is 14.5. The standard InChI is InChI=1S/C17H35N3O/c1-17(2,3)20-16(18-4)19-13-9-10-14-21-15-11-7-5-6-8-12-15/h15H,5-14H2,1-4H3,(H2,18,19,20). The van der Waals surface area contributed by atoms with Gasteiger partial charge >= 0.3 is 0 Å². The number of nitrogens with zero attached hydrogens (tertiary/aromatic N) is 1. The summed E-state index contributed by atoms with van der Waals surface area (Å²) in [6.07, 6.45) is 10.8. The van der Waals surface area contributed by atoms with Gasteiger partial charge in [0, 0.05) is 25.7 Å². The van der Waals surface area contributed by atoms with E-state index in [1.165, 1.54) is 38.5 Å². The Hall–Kier alpha value is -0.770. The molecule has 1 fully saturated rings. The minimum Gasteiger partial charge on any atom is -0.378 e. The molecule has 124 valence electrons. The van der Waals surface area contributed by atoms with E-state index in [-0.39, 0.29) is 5.54 Å². The van der Waals surface area contributed by atoms with E-state index in [1.54, 1.807) is 0 Å². The van der Waals surface area contributed by atoms with E-state index < -0.39 is 0 Å². The molecule has 0 saturated heterocycles. The van der Waals surface area contributed by atoms with Gasteiger partial charge in [-0.1, -0.05) is 25.7 Å². The summed E-state index contributed by atoms with van der Waals surface area (Å²) in [6.45, 7) is 8.27. The van der Waals surface area contributed by atoms with Crippen LogP contribution in [0.2, 0.25) is 0 Å². The average molecular weight is 297 g/mol. The highest BCUT2D eigenvalue weighted by molar-refractivity contribution is 5.80. The number of ether oxygens (including phenoxy) is 1. The van der Waals surface area contributed by atoms with Crippen LogP contribution in [-0.2, 0) is 4.74 Å². The van der Waals surface area contributed by atoms with E-state index in [2.05, 4.69) is 36.4 Å². The Balaban J connectivity index is 2.03. The molecule has 0 atom stereocenters. The largest absolute Gasteiger partial charge is 0.378 e. The number of nitrogens with one attached hydrogen (secondary N) is 2. The molecule has 4 heteroatoms. The Labute approximate surface area is 131 Å². The highest BCUT2D eigenvalue weighted by Gasteiger charge is 2.12. The van der Waals surface area contributed by atoms with Crippen LogP contribution in [-0.4, -0.2) is 37.8 Å². The Morgan fingerprint density at radius 3 is 2.33 bits per heavy atom. The minimum absolute atomic E-state index is 0.0461. The molecular weight excluding hydrogens is 262 g/mol. The van der Waals surface area contributed by atoms with Crippen LogP contribution in [0.5, 0.6) is 0 Å². The second kappa shape index (κ2) is 10.0.